The van der Waals surface area contributed by atoms with Gasteiger partial charge in [0.05, 0.1) is 40.5 Å². The van der Waals surface area contributed by atoms with Crippen LogP contribution in [0.1, 0.15) is 28.8 Å². The molecule has 0 atom stereocenters. The van der Waals surface area contributed by atoms with Gasteiger partial charge in [0.25, 0.3) is 5.91 Å². The number of methoxy groups -OCH3 is 1. The molecule has 12 heteroatoms. The van der Waals surface area contributed by atoms with Crippen molar-refractivity contribution in [3.8, 4) is 0 Å². The highest BCUT2D eigenvalue weighted by Gasteiger charge is 2.37. The van der Waals surface area contributed by atoms with Crippen LogP contribution in [0.2, 0.25) is 0 Å². The minimum absolute atomic E-state index is 0.0324. The molecule has 4 heterocycles. The number of rotatable bonds is 4. The number of anilines is 1. The molecule has 2 amide bonds. The summed E-state index contributed by atoms with van der Waals surface area (Å²) in [4.78, 5) is 32.0. The number of halogens is 3. The van der Waals surface area contributed by atoms with Gasteiger partial charge in [-0.2, -0.15) is 13.2 Å². The number of ether oxygens (including phenoxy) is 2. The first-order valence-electron chi connectivity index (χ1n) is 10.2. The lowest BCUT2D eigenvalue weighted by Crippen LogP contribution is -2.55. The van der Waals surface area contributed by atoms with Crippen molar-refractivity contribution >= 4 is 39.4 Å². The number of piperidine rings is 1. The predicted octanol–water partition coefficient (Wildman–Crippen LogP) is 3.11. The van der Waals surface area contributed by atoms with Gasteiger partial charge >= 0.3 is 12.3 Å². The van der Waals surface area contributed by atoms with Crippen molar-refractivity contribution in [2.45, 2.75) is 31.2 Å². The maximum Gasteiger partial charge on any atom is 0.417 e. The van der Waals surface area contributed by atoms with E-state index in [0.717, 1.165) is 17.4 Å². The largest absolute Gasteiger partial charge is 0.446 e. The zero-order valence-electron chi connectivity index (χ0n) is 17.6. The van der Waals surface area contributed by atoms with Crippen LogP contribution in [0, 0.1) is 0 Å². The number of pyridine rings is 1. The number of fused-ring (bicyclic) bond motifs is 1. The van der Waals surface area contributed by atoms with Gasteiger partial charge in [0.1, 0.15) is 11.9 Å². The lowest BCUT2D eigenvalue weighted by Gasteiger charge is -2.39. The van der Waals surface area contributed by atoms with Crippen molar-refractivity contribution in [1.82, 2.24) is 15.2 Å². The molecule has 2 aliphatic heterocycles. The highest BCUT2D eigenvalue weighted by atomic mass is 32.1. The fourth-order valence-electron chi connectivity index (χ4n) is 3.82. The van der Waals surface area contributed by atoms with E-state index < -0.39 is 23.7 Å². The minimum Gasteiger partial charge on any atom is -0.446 e. The van der Waals surface area contributed by atoms with E-state index in [4.69, 9.17) is 9.47 Å². The third-order valence-corrected chi connectivity index (χ3v) is 6.76. The molecule has 0 radical (unpaired) electrons. The van der Waals surface area contributed by atoms with E-state index >= 15 is 0 Å². The SMILES string of the molecule is CNC(=O)c1csc2c(C(F)(F)F)cc(N3CCC(OC(=O)N4CC(OC)C4)CC3)nc12. The second kappa shape index (κ2) is 8.74. The van der Waals surface area contributed by atoms with Crippen LogP contribution in [0.5, 0.6) is 0 Å². The van der Waals surface area contributed by atoms with E-state index in [-0.39, 0.29) is 33.8 Å². The van der Waals surface area contributed by atoms with Crippen molar-refractivity contribution in [3.05, 3.63) is 22.6 Å². The van der Waals surface area contributed by atoms with Crippen LogP contribution >= 0.6 is 11.3 Å². The Labute approximate surface area is 186 Å². The van der Waals surface area contributed by atoms with E-state index in [0.29, 0.717) is 39.0 Å². The van der Waals surface area contributed by atoms with Crippen LogP contribution in [-0.2, 0) is 15.7 Å². The smallest absolute Gasteiger partial charge is 0.417 e. The Hall–Kier alpha value is -2.60. The first kappa shape index (κ1) is 22.6. The van der Waals surface area contributed by atoms with E-state index in [1.54, 1.807) is 16.9 Å². The third-order valence-electron chi connectivity index (χ3n) is 5.76. The highest BCUT2D eigenvalue weighted by Crippen LogP contribution is 2.40. The van der Waals surface area contributed by atoms with Crippen LogP contribution in [0.15, 0.2) is 11.4 Å². The number of carbonyl (C=O) groups excluding carboxylic acids is 2. The molecule has 0 aromatic carbocycles. The molecular weight excluding hydrogens is 449 g/mol. The summed E-state index contributed by atoms with van der Waals surface area (Å²) in [6, 6.07) is 1.03. The Bertz CT molecular complexity index is 1010. The van der Waals surface area contributed by atoms with Gasteiger partial charge in [-0.3, -0.25) is 4.79 Å². The van der Waals surface area contributed by atoms with Gasteiger partial charge in [-0.05, 0) is 6.07 Å². The van der Waals surface area contributed by atoms with Crippen molar-refractivity contribution in [1.29, 1.82) is 0 Å². The van der Waals surface area contributed by atoms with Gasteiger partial charge in [0.15, 0.2) is 0 Å². The van der Waals surface area contributed by atoms with Crippen LogP contribution in [0.25, 0.3) is 10.2 Å². The number of aromatic nitrogens is 1. The number of nitrogens with zero attached hydrogens (tertiary/aromatic N) is 3. The maximum absolute atomic E-state index is 13.7. The highest BCUT2D eigenvalue weighted by molar-refractivity contribution is 7.17. The number of hydrogen-bond donors (Lipinski definition) is 1. The number of carbonyl (C=O) groups is 2. The predicted molar refractivity (Wildman–Crippen MR) is 112 cm³/mol. The van der Waals surface area contributed by atoms with Gasteiger partial charge in [0.2, 0.25) is 0 Å². The second-order valence-corrected chi connectivity index (χ2v) is 8.64. The molecule has 2 aliphatic rings. The van der Waals surface area contributed by atoms with Gasteiger partial charge in [-0.15, -0.1) is 11.3 Å². The van der Waals surface area contributed by atoms with Crippen molar-refractivity contribution in [2.75, 3.05) is 45.2 Å². The lowest BCUT2D eigenvalue weighted by molar-refractivity contribution is -0.136. The quantitative estimate of drug-likeness (QED) is 0.736. The van der Waals surface area contributed by atoms with E-state index in [2.05, 4.69) is 10.3 Å². The molecule has 0 bridgehead atoms. The van der Waals surface area contributed by atoms with Crippen LogP contribution in [0.4, 0.5) is 23.8 Å². The average molecular weight is 472 g/mol. The zero-order chi connectivity index (χ0) is 23.0. The Kier molecular flexibility index (Phi) is 6.17. The van der Waals surface area contributed by atoms with Gasteiger partial charge in [-0.1, -0.05) is 0 Å². The number of nitrogens with one attached hydrogen (secondary N) is 1. The molecule has 2 aromatic heterocycles. The average Bonchev–Trinajstić information content (AvgIpc) is 3.15. The summed E-state index contributed by atoms with van der Waals surface area (Å²) in [5.74, 6) is -0.329. The fourth-order valence-corrected chi connectivity index (χ4v) is 4.84. The molecule has 4 rings (SSSR count). The third kappa shape index (κ3) is 4.33. The first-order chi connectivity index (χ1) is 15.2. The number of amides is 2. The number of hydrogen-bond acceptors (Lipinski definition) is 7. The first-order valence-corrected chi connectivity index (χ1v) is 11.0. The van der Waals surface area contributed by atoms with Crippen molar-refractivity contribution in [3.63, 3.8) is 0 Å². The van der Waals surface area contributed by atoms with Crippen LogP contribution < -0.4 is 10.2 Å². The molecule has 2 saturated heterocycles. The Morgan fingerprint density at radius 3 is 2.50 bits per heavy atom. The van der Waals surface area contributed by atoms with Gasteiger partial charge < -0.3 is 24.6 Å². The standard InChI is InChI=1S/C20H23F3N4O4S/c1-24-18(28)13-10-32-17-14(20(21,22)23)7-15(25-16(13)17)26-5-3-11(4-6-26)31-19(29)27-8-12(9-27)30-2/h7,10-12H,3-6,8-9H2,1-2H3,(H,24,28). The second-order valence-electron chi connectivity index (χ2n) is 7.76. The number of thiophene rings is 1. The Morgan fingerprint density at radius 1 is 1.22 bits per heavy atom. The molecule has 0 saturated carbocycles. The molecule has 8 nitrogen and oxygen atoms in total. The Balaban J connectivity index is 1.49. The van der Waals surface area contributed by atoms with Crippen molar-refractivity contribution in [2.24, 2.45) is 0 Å². The maximum atomic E-state index is 13.7. The summed E-state index contributed by atoms with van der Waals surface area (Å²) in [6.07, 6.45) is -4.31. The summed E-state index contributed by atoms with van der Waals surface area (Å²) in [6.45, 7) is 1.75. The zero-order valence-corrected chi connectivity index (χ0v) is 18.4. The molecule has 174 valence electrons. The van der Waals surface area contributed by atoms with Gasteiger partial charge in [0, 0.05) is 45.5 Å². The van der Waals surface area contributed by atoms with E-state index in [1.807, 2.05) is 0 Å². The van der Waals surface area contributed by atoms with E-state index in [9.17, 15) is 22.8 Å². The fraction of sp³-hybridized carbons (Fsp3) is 0.550. The van der Waals surface area contributed by atoms with Crippen LogP contribution in [-0.4, -0.2) is 74.4 Å². The number of alkyl halides is 3. The molecule has 2 fully saturated rings. The lowest BCUT2D eigenvalue weighted by atomic mass is 10.1. The summed E-state index contributed by atoms with van der Waals surface area (Å²) in [7, 11) is 3.01. The summed E-state index contributed by atoms with van der Waals surface area (Å²) >= 11 is 0.853. The summed E-state index contributed by atoms with van der Waals surface area (Å²) < 4.78 is 51.8. The summed E-state index contributed by atoms with van der Waals surface area (Å²) in [5.41, 5.74) is -0.650. The van der Waals surface area contributed by atoms with Crippen molar-refractivity contribution < 1.29 is 32.2 Å². The molecule has 2 aromatic rings. The Morgan fingerprint density at radius 2 is 1.91 bits per heavy atom. The normalized spacial score (nSPS) is 18.0. The molecule has 0 unspecified atom stereocenters. The van der Waals surface area contributed by atoms with E-state index in [1.165, 1.54) is 12.4 Å². The molecule has 32 heavy (non-hydrogen) atoms. The summed E-state index contributed by atoms with van der Waals surface area (Å²) in [5, 5.41) is 3.83. The minimum atomic E-state index is -4.58. The number of likely N-dealkylation sites (tertiary alicyclic amines) is 1. The molecule has 1 N–H and O–H groups in total. The molecule has 0 aliphatic carbocycles. The van der Waals surface area contributed by atoms with Crippen LogP contribution in [0.3, 0.4) is 0 Å². The molecule has 0 spiro atoms. The monoisotopic (exact) mass is 472 g/mol. The van der Waals surface area contributed by atoms with Gasteiger partial charge in [-0.25, -0.2) is 9.78 Å². The topological polar surface area (TPSA) is 84.0 Å². The molecular formula is C20H23F3N4O4S.